The molecule has 2 heteroatoms. The van der Waals surface area contributed by atoms with Crippen molar-refractivity contribution in [3.63, 3.8) is 0 Å². The normalized spacial score (nSPS) is 27.2. The van der Waals surface area contributed by atoms with E-state index in [1.807, 2.05) is 6.07 Å². The van der Waals surface area contributed by atoms with Gasteiger partial charge in [0.1, 0.15) is 5.82 Å². The number of rotatable bonds is 2. The zero-order valence-corrected chi connectivity index (χ0v) is 6.83. The van der Waals surface area contributed by atoms with Crippen LogP contribution in [0.2, 0.25) is 0 Å². The third-order valence-corrected chi connectivity index (χ3v) is 2.50. The summed E-state index contributed by atoms with van der Waals surface area (Å²) in [5.41, 5.74) is 6.61. The second-order valence-corrected chi connectivity index (χ2v) is 3.39. The summed E-state index contributed by atoms with van der Waals surface area (Å²) >= 11 is 0. The van der Waals surface area contributed by atoms with E-state index in [-0.39, 0.29) is 5.82 Å². The Balaban J connectivity index is 2.14. The standard InChI is InChI=1S/C10H12FN/c11-9-3-1-2-7(4-9)10-5-8(10)6-12/h1-4,8,10H,5-6,12H2/t8-,10+/m0/s1. The maximum Gasteiger partial charge on any atom is 0.123 e. The number of benzene rings is 1. The number of nitrogens with two attached hydrogens (primary N) is 1. The van der Waals surface area contributed by atoms with Gasteiger partial charge in [0.15, 0.2) is 0 Å². The molecular formula is C10H12FN. The van der Waals surface area contributed by atoms with Crippen molar-refractivity contribution < 1.29 is 4.39 Å². The average Bonchev–Trinajstić information content (AvgIpc) is 2.83. The Kier molecular flexibility index (Phi) is 1.85. The largest absolute Gasteiger partial charge is 0.330 e. The van der Waals surface area contributed by atoms with Crippen molar-refractivity contribution in [3.05, 3.63) is 35.6 Å². The Labute approximate surface area is 71.4 Å². The van der Waals surface area contributed by atoms with E-state index in [4.69, 9.17) is 5.73 Å². The summed E-state index contributed by atoms with van der Waals surface area (Å²) in [5, 5.41) is 0. The van der Waals surface area contributed by atoms with Crippen LogP contribution in [0.25, 0.3) is 0 Å². The van der Waals surface area contributed by atoms with Gasteiger partial charge in [0.05, 0.1) is 0 Å². The van der Waals surface area contributed by atoms with Crippen LogP contribution in [0.15, 0.2) is 24.3 Å². The highest BCUT2D eigenvalue weighted by Crippen LogP contribution is 2.46. The highest BCUT2D eigenvalue weighted by atomic mass is 19.1. The molecule has 2 rings (SSSR count). The van der Waals surface area contributed by atoms with Gasteiger partial charge in [-0.3, -0.25) is 0 Å². The molecule has 1 fully saturated rings. The van der Waals surface area contributed by atoms with E-state index >= 15 is 0 Å². The van der Waals surface area contributed by atoms with Crippen LogP contribution in [0.5, 0.6) is 0 Å². The molecule has 1 aromatic carbocycles. The zero-order valence-electron chi connectivity index (χ0n) is 6.83. The predicted molar refractivity (Wildman–Crippen MR) is 46.3 cm³/mol. The summed E-state index contributed by atoms with van der Waals surface area (Å²) in [4.78, 5) is 0. The van der Waals surface area contributed by atoms with Crippen LogP contribution in [0.4, 0.5) is 4.39 Å². The first kappa shape index (κ1) is 7.74. The second-order valence-electron chi connectivity index (χ2n) is 3.39. The van der Waals surface area contributed by atoms with Gasteiger partial charge in [-0.1, -0.05) is 12.1 Å². The molecule has 1 aliphatic carbocycles. The van der Waals surface area contributed by atoms with E-state index in [0.717, 1.165) is 18.5 Å². The molecule has 0 saturated heterocycles. The van der Waals surface area contributed by atoms with Crippen LogP contribution >= 0.6 is 0 Å². The van der Waals surface area contributed by atoms with Gasteiger partial charge in [-0.25, -0.2) is 4.39 Å². The second kappa shape index (κ2) is 2.87. The van der Waals surface area contributed by atoms with Crippen molar-refractivity contribution in [2.45, 2.75) is 12.3 Å². The minimum absolute atomic E-state index is 0.143. The van der Waals surface area contributed by atoms with E-state index < -0.39 is 0 Å². The smallest absolute Gasteiger partial charge is 0.123 e. The predicted octanol–water partition coefficient (Wildman–Crippen LogP) is 1.89. The molecule has 1 aromatic rings. The van der Waals surface area contributed by atoms with Crippen molar-refractivity contribution in [3.8, 4) is 0 Å². The highest BCUT2D eigenvalue weighted by Gasteiger charge is 2.36. The first-order chi connectivity index (χ1) is 5.81. The lowest BCUT2D eigenvalue weighted by atomic mass is 10.1. The lowest BCUT2D eigenvalue weighted by Crippen LogP contribution is -2.01. The molecule has 0 radical (unpaired) electrons. The van der Waals surface area contributed by atoms with E-state index in [1.54, 1.807) is 12.1 Å². The van der Waals surface area contributed by atoms with Crippen molar-refractivity contribution in [1.29, 1.82) is 0 Å². The molecule has 0 aromatic heterocycles. The molecule has 1 saturated carbocycles. The number of hydrogen-bond donors (Lipinski definition) is 1. The van der Waals surface area contributed by atoms with Gasteiger partial charge in [0, 0.05) is 0 Å². The van der Waals surface area contributed by atoms with Gasteiger partial charge in [-0.15, -0.1) is 0 Å². The lowest BCUT2D eigenvalue weighted by molar-refractivity contribution is 0.624. The first-order valence-electron chi connectivity index (χ1n) is 4.27. The molecular weight excluding hydrogens is 153 g/mol. The van der Waals surface area contributed by atoms with E-state index in [1.165, 1.54) is 6.07 Å². The SMILES string of the molecule is NC[C@@H]1C[C@@H]1c1cccc(F)c1. The van der Waals surface area contributed by atoms with Crippen molar-refractivity contribution in [2.75, 3.05) is 6.54 Å². The van der Waals surface area contributed by atoms with E-state index in [2.05, 4.69) is 0 Å². The Morgan fingerprint density at radius 1 is 1.50 bits per heavy atom. The number of hydrogen-bond acceptors (Lipinski definition) is 1. The summed E-state index contributed by atoms with van der Waals surface area (Å²) in [6.07, 6.45) is 1.12. The van der Waals surface area contributed by atoms with Crippen LogP contribution in [0.1, 0.15) is 17.9 Å². The zero-order chi connectivity index (χ0) is 8.55. The van der Waals surface area contributed by atoms with Crippen molar-refractivity contribution in [1.82, 2.24) is 0 Å². The molecule has 0 aliphatic heterocycles. The van der Waals surface area contributed by atoms with Gasteiger partial charge < -0.3 is 5.73 Å². The fourth-order valence-corrected chi connectivity index (χ4v) is 1.65. The highest BCUT2D eigenvalue weighted by molar-refractivity contribution is 5.26. The summed E-state index contributed by atoms with van der Waals surface area (Å²) in [6.45, 7) is 0.723. The lowest BCUT2D eigenvalue weighted by Gasteiger charge is -1.98. The quantitative estimate of drug-likeness (QED) is 0.711. The van der Waals surface area contributed by atoms with Gasteiger partial charge in [0.25, 0.3) is 0 Å². The summed E-state index contributed by atoms with van der Waals surface area (Å²) < 4.78 is 12.8. The molecule has 1 aliphatic rings. The maximum atomic E-state index is 12.8. The van der Waals surface area contributed by atoms with Crippen LogP contribution in [-0.2, 0) is 0 Å². The third kappa shape index (κ3) is 1.34. The molecule has 0 amide bonds. The minimum Gasteiger partial charge on any atom is -0.330 e. The van der Waals surface area contributed by atoms with Crippen LogP contribution < -0.4 is 5.73 Å². The topological polar surface area (TPSA) is 26.0 Å². The minimum atomic E-state index is -0.143. The fraction of sp³-hybridized carbons (Fsp3) is 0.400. The van der Waals surface area contributed by atoms with E-state index in [0.29, 0.717) is 11.8 Å². The molecule has 2 atom stereocenters. The Hall–Kier alpha value is -0.890. The van der Waals surface area contributed by atoms with Gasteiger partial charge >= 0.3 is 0 Å². The monoisotopic (exact) mass is 165 g/mol. The van der Waals surface area contributed by atoms with Crippen LogP contribution in [0, 0.1) is 11.7 Å². The third-order valence-electron chi connectivity index (χ3n) is 2.50. The molecule has 0 bridgehead atoms. The molecule has 1 nitrogen and oxygen atoms in total. The van der Waals surface area contributed by atoms with Gasteiger partial charge in [0.2, 0.25) is 0 Å². The molecule has 64 valence electrons. The Morgan fingerprint density at radius 2 is 2.33 bits per heavy atom. The fourth-order valence-electron chi connectivity index (χ4n) is 1.65. The maximum absolute atomic E-state index is 12.8. The van der Waals surface area contributed by atoms with E-state index in [9.17, 15) is 4.39 Å². The number of halogens is 1. The van der Waals surface area contributed by atoms with Crippen LogP contribution in [-0.4, -0.2) is 6.54 Å². The van der Waals surface area contributed by atoms with Crippen molar-refractivity contribution >= 4 is 0 Å². The van der Waals surface area contributed by atoms with Gasteiger partial charge in [-0.2, -0.15) is 0 Å². The van der Waals surface area contributed by atoms with Crippen LogP contribution in [0.3, 0.4) is 0 Å². The average molecular weight is 165 g/mol. The summed E-state index contributed by atoms with van der Waals surface area (Å²) in [7, 11) is 0. The van der Waals surface area contributed by atoms with Crippen molar-refractivity contribution in [2.24, 2.45) is 11.7 Å². The Bertz CT molecular complexity index is 285. The molecule has 0 heterocycles. The summed E-state index contributed by atoms with van der Waals surface area (Å²) in [6, 6.07) is 6.82. The summed E-state index contributed by atoms with van der Waals surface area (Å²) in [5.74, 6) is 0.965. The molecule has 0 spiro atoms. The van der Waals surface area contributed by atoms with Gasteiger partial charge in [-0.05, 0) is 42.5 Å². The Morgan fingerprint density at radius 3 is 2.92 bits per heavy atom. The molecule has 12 heavy (non-hydrogen) atoms. The molecule has 2 N–H and O–H groups in total. The molecule has 0 unspecified atom stereocenters. The first-order valence-corrected chi connectivity index (χ1v) is 4.27.